The molecule has 1 aromatic carbocycles. The molecule has 1 saturated carbocycles. The maximum absolute atomic E-state index is 13.8. The number of piperidine rings is 1. The van der Waals surface area contributed by atoms with E-state index < -0.39 is 0 Å². The second-order valence-corrected chi connectivity index (χ2v) is 7.46. The highest BCUT2D eigenvalue weighted by atomic mass is 19.1. The van der Waals surface area contributed by atoms with Crippen LogP contribution in [0.25, 0.3) is 0 Å². The van der Waals surface area contributed by atoms with E-state index in [1.807, 2.05) is 0 Å². The summed E-state index contributed by atoms with van der Waals surface area (Å²) in [5, 5.41) is 5.52. The van der Waals surface area contributed by atoms with E-state index in [9.17, 15) is 14.0 Å². The Labute approximate surface area is 164 Å². The molecule has 7 nitrogen and oxygen atoms in total. The third kappa shape index (κ3) is 6.85. The predicted molar refractivity (Wildman–Crippen MR) is 103 cm³/mol. The molecule has 2 amide bonds. The molecule has 28 heavy (non-hydrogen) atoms. The fraction of sp³-hybridized carbons (Fsp3) is 0.600. The molecule has 2 aliphatic rings. The van der Waals surface area contributed by atoms with Gasteiger partial charge in [0.15, 0.2) is 11.6 Å². The number of rotatable bonds is 12. The number of nitrogens with one attached hydrogen (secondary N) is 4. The van der Waals surface area contributed by atoms with Crippen molar-refractivity contribution in [3.8, 4) is 5.75 Å². The number of hydrogen-bond donors (Lipinski definition) is 4. The van der Waals surface area contributed by atoms with E-state index in [1.165, 1.54) is 18.9 Å². The van der Waals surface area contributed by atoms with Crippen molar-refractivity contribution in [2.24, 2.45) is 5.92 Å². The molecule has 154 valence electrons. The quantitative estimate of drug-likeness (QED) is 0.244. The topological polar surface area (TPSA) is 91.5 Å². The second kappa shape index (κ2) is 10.5. The van der Waals surface area contributed by atoms with Crippen LogP contribution < -0.4 is 26.2 Å². The zero-order valence-corrected chi connectivity index (χ0v) is 16.1. The normalized spacial score (nSPS) is 19.5. The largest absolute Gasteiger partial charge is 0.490 e. The Morgan fingerprint density at radius 3 is 2.71 bits per heavy atom. The molecule has 1 atom stereocenters. The number of hydrogen-bond acceptors (Lipinski definition) is 6. The fourth-order valence-electron chi connectivity index (χ4n) is 3.02. The van der Waals surface area contributed by atoms with Crippen molar-refractivity contribution in [1.82, 2.24) is 21.5 Å². The molecular formula is C20H29FN4O3. The molecule has 0 radical (unpaired) electrons. The van der Waals surface area contributed by atoms with Gasteiger partial charge in [-0.1, -0.05) is 6.07 Å². The maximum atomic E-state index is 13.8. The van der Waals surface area contributed by atoms with Crippen molar-refractivity contribution in [1.29, 1.82) is 0 Å². The Bertz CT molecular complexity index is 681. The van der Waals surface area contributed by atoms with Gasteiger partial charge in [-0.3, -0.25) is 25.8 Å². The van der Waals surface area contributed by atoms with Gasteiger partial charge in [0.1, 0.15) is 0 Å². The summed E-state index contributed by atoms with van der Waals surface area (Å²) in [4.78, 5) is 22.7. The zero-order chi connectivity index (χ0) is 19.8. The van der Waals surface area contributed by atoms with Gasteiger partial charge in [-0.25, -0.2) is 4.39 Å². The first-order valence-corrected chi connectivity index (χ1v) is 10.1. The third-order valence-corrected chi connectivity index (χ3v) is 4.94. The summed E-state index contributed by atoms with van der Waals surface area (Å²) in [6.45, 7) is 2.68. The van der Waals surface area contributed by atoms with Crippen LogP contribution in [0, 0.1) is 11.7 Å². The number of carbonyl (C=O) groups is 2. The van der Waals surface area contributed by atoms with E-state index in [2.05, 4.69) is 21.5 Å². The summed E-state index contributed by atoms with van der Waals surface area (Å²) in [5.74, 6) is 0.177. The van der Waals surface area contributed by atoms with E-state index >= 15 is 0 Å². The minimum absolute atomic E-state index is 0.193. The highest BCUT2D eigenvalue weighted by Crippen LogP contribution is 2.30. The molecule has 1 aliphatic heterocycles. The van der Waals surface area contributed by atoms with E-state index in [1.54, 1.807) is 12.1 Å². The van der Waals surface area contributed by atoms with Crippen LogP contribution in [0.1, 0.15) is 44.1 Å². The lowest BCUT2D eigenvalue weighted by Crippen LogP contribution is -2.50. The van der Waals surface area contributed by atoms with Crippen LogP contribution >= 0.6 is 0 Å². The van der Waals surface area contributed by atoms with Crippen molar-refractivity contribution in [3.05, 3.63) is 29.6 Å². The summed E-state index contributed by atoms with van der Waals surface area (Å²) >= 11 is 0. The smallest absolute Gasteiger partial charge is 0.243 e. The van der Waals surface area contributed by atoms with Gasteiger partial charge >= 0.3 is 0 Å². The number of carbonyl (C=O) groups excluding carboxylic acids is 2. The summed E-state index contributed by atoms with van der Waals surface area (Å²) in [7, 11) is 0. The van der Waals surface area contributed by atoms with Gasteiger partial charge in [-0.2, -0.15) is 0 Å². The minimum Gasteiger partial charge on any atom is -0.490 e. The van der Waals surface area contributed by atoms with Gasteiger partial charge in [-0.05, 0) is 62.3 Å². The molecule has 2 fully saturated rings. The molecule has 3 rings (SSSR count). The zero-order valence-electron chi connectivity index (χ0n) is 16.1. The Morgan fingerprint density at radius 1 is 1.11 bits per heavy atom. The lowest BCUT2D eigenvalue weighted by atomic mass is 10.1. The lowest BCUT2D eigenvalue weighted by molar-refractivity contribution is -0.134. The van der Waals surface area contributed by atoms with E-state index in [4.69, 9.17) is 4.74 Å². The molecule has 8 heteroatoms. The summed E-state index contributed by atoms with van der Waals surface area (Å²) < 4.78 is 19.3. The Morgan fingerprint density at radius 2 is 1.93 bits per heavy atom. The molecule has 1 saturated heterocycles. The van der Waals surface area contributed by atoms with Gasteiger partial charge in [0.05, 0.1) is 12.6 Å². The first-order chi connectivity index (χ1) is 13.6. The molecular weight excluding hydrogens is 363 g/mol. The predicted octanol–water partition coefficient (Wildman–Crippen LogP) is 1.38. The number of halogens is 1. The fourth-order valence-corrected chi connectivity index (χ4v) is 3.02. The van der Waals surface area contributed by atoms with E-state index in [-0.39, 0.29) is 23.7 Å². The maximum Gasteiger partial charge on any atom is 0.243 e. The standard InChI is InChI=1S/C20H29FN4O3/c21-16-6-5-15(11-18(16)28-13-14-3-4-14)12-24-23-10-2-1-9-22-17-7-8-19(26)25-20(17)27/h5-6,11,14,17,22-24H,1-4,7-10,12-13H2,(H,25,26,27). The van der Waals surface area contributed by atoms with Crippen LogP contribution in [0.3, 0.4) is 0 Å². The molecule has 0 aromatic heterocycles. The number of ether oxygens (including phenoxy) is 1. The van der Waals surface area contributed by atoms with Crippen molar-refractivity contribution in [2.75, 3.05) is 19.7 Å². The van der Waals surface area contributed by atoms with Gasteiger partial charge < -0.3 is 10.1 Å². The molecule has 0 bridgehead atoms. The van der Waals surface area contributed by atoms with Crippen molar-refractivity contribution in [3.63, 3.8) is 0 Å². The second-order valence-electron chi connectivity index (χ2n) is 7.46. The number of unbranched alkanes of at least 4 members (excludes halogenated alkanes) is 1. The van der Waals surface area contributed by atoms with Crippen LogP contribution in [0.15, 0.2) is 18.2 Å². The highest BCUT2D eigenvalue weighted by molar-refractivity contribution is 6.00. The molecule has 0 spiro atoms. The van der Waals surface area contributed by atoms with Crippen molar-refractivity contribution in [2.45, 2.75) is 51.1 Å². The number of hydrazine groups is 1. The minimum atomic E-state index is -0.319. The monoisotopic (exact) mass is 392 g/mol. The van der Waals surface area contributed by atoms with Crippen LogP contribution in [0.2, 0.25) is 0 Å². The third-order valence-electron chi connectivity index (χ3n) is 4.94. The summed E-state index contributed by atoms with van der Waals surface area (Å²) in [6.07, 6.45) is 5.17. The SMILES string of the molecule is O=C1CCC(NCCCCNNCc2ccc(F)c(OCC3CC3)c2)C(=O)N1. The first kappa shape index (κ1) is 20.7. The molecule has 1 heterocycles. The molecule has 1 aromatic rings. The molecule has 1 unspecified atom stereocenters. The Kier molecular flexibility index (Phi) is 7.76. The lowest BCUT2D eigenvalue weighted by Gasteiger charge is -2.21. The van der Waals surface area contributed by atoms with Gasteiger partial charge in [0.2, 0.25) is 11.8 Å². The highest BCUT2D eigenvalue weighted by Gasteiger charge is 2.25. The van der Waals surface area contributed by atoms with Crippen LogP contribution in [0.5, 0.6) is 5.75 Å². The molecule has 1 aliphatic carbocycles. The number of imide groups is 1. The summed E-state index contributed by atoms with van der Waals surface area (Å²) in [6, 6.07) is 4.67. The van der Waals surface area contributed by atoms with Crippen LogP contribution in [0.4, 0.5) is 4.39 Å². The van der Waals surface area contributed by atoms with Gasteiger partial charge in [0.25, 0.3) is 0 Å². The van der Waals surface area contributed by atoms with Crippen LogP contribution in [-0.4, -0.2) is 37.6 Å². The summed E-state index contributed by atoms with van der Waals surface area (Å²) in [5.41, 5.74) is 7.23. The van der Waals surface area contributed by atoms with Crippen molar-refractivity contribution >= 4 is 11.8 Å². The average molecular weight is 392 g/mol. The van der Waals surface area contributed by atoms with Crippen LogP contribution in [-0.2, 0) is 16.1 Å². The molecule has 4 N–H and O–H groups in total. The Balaban J connectivity index is 1.23. The first-order valence-electron chi connectivity index (χ1n) is 10.1. The van der Waals surface area contributed by atoms with Gasteiger partial charge in [-0.15, -0.1) is 0 Å². The van der Waals surface area contributed by atoms with E-state index in [0.717, 1.165) is 31.5 Å². The number of amides is 2. The van der Waals surface area contributed by atoms with Crippen molar-refractivity contribution < 1.29 is 18.7 Å². The van der Waals surface area contributed by atoms with E-state index in [0.29, 0.717) is 37.7 Å². The Hall–Kier alpha value is -2.03. The number of benzene rings is 1. The average Bonchev–Trinajstić information content (AvgIpc) is 3.50. The van der Waals surface area contributed by atoms with Gasteiger partial charge in [0, 0.05) is 19.5 Å².